The second-order valence-corrected chi connectivity index (χ2v) is 8.81. The molecule has 0 saturated carbocycles. The summed E-state index contributed by atoms with van der Waals surface area (Å²) in [5.74, 6) is 0.648. The van der Waals surface area contributed by atoms with E-state index in [0.717, 1.165) is 40.3 Å². The van der Waals surface area contributed by atoms with Crippen LogP contribution in [0, 0.1) is 5.41 Å². The Bertz CT molecular complexity index is 1020. The number of hydrogen-bond donors (Lipinski definition) is 2. The molecule has 0 saturated heterocycles. The number of hydrogen-bond acceptors (Lipinski definition) is 3. The van der Waals surface area contributed by atoms with Crippen molar-refractivity contribution in [3.05, 3.63) is 65.6 Å². The average molecular weight is 374 g/mol. The number of benzene rings is 1. The van der Waals surface area contributed by atoms with Crippen molar-refractivity contribution in [1.29, 1.82) is 0 Å². The number of rotatable bonds is 4. The number of nitrogens with one attached hydrogen (secondary N) is 2. The highest BCUT2D eigenvalue weighted by Gasteiger charge is 2.35. The third-order valence-electron chi connectivity index (χ3n) is 5.44. The summed E-state index contributed by atoms with van der Waals surface area (Å²) in [7, 11) is 0. The monoisotopic (exact) mass is 373 g/mol. The molecule has 144 valence electrons. The van der Waals surface area contributed by atoms with Crippen molar-refractivity contribution in [3.63, 3.8) is 0 Å². The van der Waals surface area contributed by atoms with Crippen LogP contribution in [0.15, 0.2) is 48.8 Å². The van der Waals surface area contributed by atoms with Crippen LogP contribution >= 0.6 is 0 Å². The molecule has 0 atom stereocenters. The lowest BCUT2D eigenvalue weighted by Gasteiger charge is -2.28. The molecule has 1 aliphatic rings. The standard InChI is InChI=1S/C24H27N3O/c1-15(2)17-6-5-7-18(12-17)26-23-21-19(13-24(3,4)14-20(21)28)27-22(23)16-8-10-25-11-9-16/h5-12,15,26-27H,13-14H2,1-4H3. The fraction of sp³-hybridized carbons (Fsp3) is 0.333. The minimum atomic E-state index is -0.0285. The lowest BCUT2D eigenvalue weighted by atomic mass is 9.76. The molecule has 4 nitrogen and oxygen atoms in total. The van der Waals surface area contributed by atoms with E-state index in [0.29, 0.717) is 12.3 Å². The number of aromatic amines is 1. The zero-order valence-corrected chi connectivity index (χ0v) is 17.0. The van der Waals surface area contributed by atoms with Gasteiger partial charge in [-0.15, -0.1) is 0 Å². The molecule has 1 aliphatic carbocycles. The summed E-state index contributed by atoms with van der Waals surface area (Å²) >= 11 is 0. The van der Waals surface area contributed by atoms with Crippen molar-refractivity contribution in [1.82, 2.24) is 9.97 Å². The van der Waals surface area contributed by atoms with Crippen LogP contribution in [0.2, 0.25) is 0 Å². The summed E-state index contributed by atoms with van der Waals surface area (Å²) in [5.41, 5.74) is 6.93. The van der Waals surface area contributed by atoms with Crippen LogP contribution in [0.3, 0.4) is 0 Å². The quantitative estimate of drug-likeness (QED) is 0.581. The number of Topliss-reactive ketones (excluding diaryl/α,β-unsaturated/α-hetero) is 1. The maximum Gasteiger partial charge on any atom is 0.167 e. The van der Waals surface area contributed by atoms with Crippen molar-refractivity contribution < 1.29 is 4.79 Å². The molecule has 4 rings (SSSR count). The van der Waals surface area contributed by atoms with Gasteiger partial charge in [-0.25, -0.2) is 0 Å². The molecule has 0 aliphatic heterocycles. The second kappa shape index (κ2) is 6.93. The van der Waals surface area contributed by atoms with Gasteiger partial charge in [0, 0.05) is 35.8 Å². The molecule has 1 aromatic carbocycles. The van der Waals surface area contributed by atoms with E-state index in [2.05, 4.69) is 67.2 Å². The second-order valence-electron chi connectivity index (χ2n) is 8.81. The fourth-order valence-corrected chi connectivity index (χ4v) is 4.04. The van der Waals surface area contributed by atoms with Crippen LogP contribution < -0.4 is 5.32 Å². The SMILES string of the molecule is CC(C)c1cccc(Nc2c(-c3ccncc3)[nH]c3c2C(=O)CC(C)(C)C3)c1. The van der Waals surface area contributed by atoms with Crippen LogP contribution in [0.4, 0.5) is 11.4 Å². The van der Waals surface area contributed by atoms with Crippen molar-refractivity contribution in [2.45, 2.75) is 46.5 Å². The van der Waals surface area contributed by atoms with Crippen molar-refractivity contribution in [2.24, 2.45) is 5.41 Å². The molecule has 2 aromatic heterocycles. The highest BCUT2D eigenvalue weighted by Crippen LogP contribution is 2.43. The van der Waals surface area contributed by atoms with Gasteiger partial charge in [0.1, 0.15) is 0 Å². The molecule has 0 radical (unpaired) electrons. The highest BCUT2D eigenvalue weighted by molar-refractivity contribution is 6.07. The number of nitrogens with zero attached hydrogens (tertiary/aromatic N) is 1. The van der Waals surface area contributed by atoms with Gasteiger partial charge in [-0.05, 0) is 47.6 Å². The first-order valence-electron chi connectivity index (χ1n) is 9.89. The predicted octanol–water partition coefficient (Wildman–Crippen LogP) is 6.10. The summed E-state index contributed by atoms with van der Waals surface area (Å²) in [5, 5.41) is 3.56. The first-order valence-corrected chi connectivity index (χ1v) is 9.89. The van der Waals surface area contributed by atoms with Gasteiger partial charge < -0.3 is 10.3 Å². The van der Waals surface area contributed by atoms with Gasteiger partial charge in [0.15, 0.2) is 5.78 Å². The number of carbonyl (C=O) groups excluding carboxylic acids is 1. The number of ketones is 1. The molecule has 2 N–H and O–H groups in total. The van der Waals surface area contributed by atoms with E-state index in [4.69, 9.17) is 0 Å². The predicted molar refractivity (Wildman–Crippen MR) is 114 cm³/mol. The Morgan fingerprint density at radius 3 is 2.57 bits per heavy atom. The Kier molecular flexibility index (Phi) is 4.58. The zero-order valence-electron chi connectivity index (χ0n) is 17.0. The summed E-state index contributed by atoms with van der Waals surface area (Å²) in [6, 6.07) is 12.4. The summed E-state index contributed by atoms with van der Waals surface area (Å²) < 4.78 is 0. The third kappa shape index (κ3) is 3.47. The summed E-state index contributed by atoms with van der Waals surface area (Å²) in [4.78, 5) is 20.7. The lowest BCUT2D eigenvalue weighted by molar-refractivity contribution is 0.0912. The van der Waals surface area contributed by atoms with Crippen molar-refractivity contribution >= 4 is 17.2 Å². The molecule has 3 aromatic rings. The van der Waals surface area contributed by atoms with Crippen LogP contribution in [0.5, 0.6) is 0 Å². The topological polar surface area (TPSA) is 57.8 Å². The summed E-state index contributed by atoms with van der Waals surface area (Å²) in [6.45, 7) is 8.68. The number of anilines is 2. The van der Waals surface area contributed by atoms with Gasteiger partial charge in [0.25, 0.3) is 0 Å². The smallest absolute Gasteiger partial charge is 0.167 e. The van der Waals surface area contributed by atoms with Gasteiger partial charge >= 0.3 is 0 Å². The number of carbonyl (C=O) groups is 1. The molecule has 0 bridgehead atoms. The van der Waals surface area contributed by atoms with E-state index >= 15 is 0 Å². The Labute approximate surface area is 166 Å². The molecule has 0 amide bonds. The largest absolute Gasteiger partial charge is 0.356 e. The van der Waals surface area contributed by atoms with Crippen LogP contribution in [0.25, 0.3) is 11.3 Å². The third-order valence-corrected chi connectivity index (χ3v) is 5.44. The van der Waals surface area contributed by atoms with Crippen LogP contribution in [-0.4, -0.2) is 15.8 Å². The van der Waals surface area contributed by atoms with Crippen LogP contribution in [0.1, 0.15) is 61.6 Å². The first kappa shape index (κ1) is 18.5. The zero-order chi connectivity index (χ0) is 19.9. The van der Waals surface area contributed by atoms with E-state index in [9.17, 15) is 4.79 Å². The molecule has 28 heavy (non-hydrogen) atoms. The Morgan fingerprint density at radius 1 is 1.11 bits per heavy atom. The van der Waals surface area contributed by atoms with Gasteiger partial charge in [-0.1, -0.05) is 39.8 Å². The lowest BCUT2D eigenvalue weighted by Crippen LogP contribution is -2.26. The van der Waals surface area contributed by atoms with Gasteiger partial charge in [-0.3, -0.25) is 9.78 Å². The highest BCUT2D eigenvalue weighted by atomic mass is 16.1. The number of H-pyrrole nitrogens is 1. The molecular formula is C24H27N3O. The first-order chi connectivity index (χ1) is 13.3. The Hall–Kier alpha value is -2.88. The summed E-state index contributed by atoms with van der Waals surface area (Å²) in [6.07, 6.45) is 4.99. The minimum absolute atomic E-state index is 0.0285. The Morgan fingerprint density at radius 2 is 1.86 bits per heavy atom. The van der Waals surface area contributed by atoms with Gasteiger partial charge in [0.2, 0.25) is 0 Å². The maximum absolute atomic E-state index is 13.1. The van der Waals surface area contributed by atoms with Crippen molar-refractivity contribution in [3.8, 4) is 11.3 Å². The molecule has 0 fully saturated rings. The fourth-order valence-electron chi connectivity index (χ4n) is 4.04. The number of pyridine rings is 1. The normalized spacial score (nSPS) is 15.5. The van der Waals surface area contributed by atoms with Gasteiger partial charge in [-0.2, -0.15) is 0 Å². The average Bonchev–Trinajstić information content (AvgIpc) is 2.99. The van der Waals surface area contributed by atoms with E-state index in [1.807, 2.05) is 12.1 Å². The minimum Gasteiger partial charge on any atom is -0.356 e. The molecule has 0 spiro atoms. The molecule has 4 heteroatoms. The Balaban J connectivity index is 1.84. The van der Waals surface area contributed by atoms with Gasteiger partial charge in [0.05, 0.1) is 16.9 Å². The van der Waals surface area contributed by atoms with Crippen molar-refractivity contribution in [2.75, 3.05) is 5.32 Å². The van der Waals surface area contributed by atoms with E-state index in [1.54, 1.807) is 12.4 Å². The molecule has 0 unspecified atom stereocenters. The molecular weight excluding hydrogens is 346 g/mol. The van der Waals surface area contributed by atoms with E-state index in [-0.39, 0.29) is 11.2 Å². The van der Waals surface area contributed by atoms with E-state index < -0.39 is 0 Å². The van der Waals surface area contributed by atoms with E-state index in [1.165, 1.54) is 5.56 Å². The maximum atomic E-state index is 13.1. The number of fused-ring (bicyclic) bond motifs is 1. The van der Waals surface area contributed by atoms with Crippen LogP contribution in [-0.2, 0) is 6.42 Å². The number of aromatic nitrogens is 2. The molecule has 2 heterocycles.